The molecule has 0 aliphatic carbocycles. The zero-order valence-corrected chi connectivity index (χ0v) is 16.2. The Morgan fingerprint density at radius 2 is 1.75 bits per heavy atom. The van der Waals surface area contributed by atoms with Gasteiger partial charge in [0.25, 0.3) is 0 Å². The lowest BCUT2D eigenvalue weighted by Crippen LogP contribution is -2.13. The molecule has 2 rings (SSSR count). The quantitative estimate of drug-likeness (QED) is 0.680. The normalized spacial score (nSPS) is 10.5. The first-order chi connectivity index (χ1) is 11.5. The molecule has 2 aromatic carbocycles. The second-order valence-electron chi connectivity index (χ2n) is 5.59. The van der Waals surface area contributed by atoms with Gasteiger partial charge in [-0.1, -0.05) is 33.6 Å². The van der Waals surface area contributed by atoms with E-state index in [1.807, 2.05) is 38.2 Å². The third-order valence-electron chi connectivity index (χ3n) is 3.60. The maximum absolute atomic E-state index is 5.94. The van der Waals surface area contributed by atoms with Gasteiger partial charge in [0.15, 0.2) is 11.5 Å². The number of hydrogen-bond donors (Lipinski definition) is 1. The van der Waals surface area contributed by atoms with Gasteiger partial charge in [-0.05, 0) is 44.7 Å². The molecule has 24 heavy (non-hydrogen) atoms. The summed E-state index contributed by atoms with van der Waals surface area (Å²) in [5.74, 6) is 2.35. The van der Waals surface area contributed by atoms with Gasteiger partial charge < -0.3 is 19.5 Å². The van der Waals surface area contributed by atoms with E-state index >= 15 is 0 Å². The number of ether oxygens (including phenoxy) is 3. The summed E-state index contributed by atoms with van der Waals surface area (Å²) in [6.07, 6.45) is 0. The van der Waals surface area contributed by atoms with Gasteiger partial charge in [0.05, 0.1) is 7.11 Å². The largest absolute Gasteiger partial charge is 0.493 e. The Hall–Kier alpha value is -1.72. The number of benzene rings is 2. The average Bonchev–Trinajstić information content (AvgIpc) is 2.54. The lowest BCUT2D eigenvalue weighted by Gasteiger charge is -2.16. The molecule has 0 saturated heterocycles. The van der Waals surface area contributed by atoms with Crippen LogP contribution in [0.4, 0.5) is 0 Å². The topological polar surface area (TPSA) is 39.7 Å². The van der Waals surface area contributed by atoms with Crippen molar-refractivity contribution in [2.75, 3.05) is 27.4 Å². The zero-order valence-electron chi connectivity index (χ0n) is 14.6. The molecule has 0 heterocycles. The molecular formula is C19H24BrNO3. The Morgan fingerprint density at radius 1 is 1.00 bits per heavy atom. The van der Waals surface area contributed by atoms with Crippen molar-refractivity contribution in [1.29, 1.82) is 0 Å². The minimum absolute atomic E-state index is 0.446. The number of aryl methyl sites for hydroxylation is 2. The highest BCUT2D eigenvalue weighted by molar-refractivity contribution is 9.10. The van der Waals surface area contributed by atoms with Crippen LogP contribution < -0.4 is 19.5 Å². The second kappa shape index (κ2) is 8.94. The van der Waals surface area contributed by atoms with Gasteiger partial charge >= 0.3 is 0 Å². The highest BCUT2D eigenvalue weighted by atomic mass is 79.9. The number of rotatable bonds is 8. The third-order valence-corrected chi connectivity index (χ3v) is 4.06. The van der Waals surface area contributed by atoms with Gasteiger partial charge in [-0.25, -0.2) is 0 Å². The lowest BCUT2D eigenvalue weighted by atomic mass is 10.1. The van der Waals surface area contributed by atoms with Crippen LogP contribution in [0.15, 0.2) is 34.8 Å². The van der Waals surface area contributed by atoms with Crippen LogP contribution in [0.2, 0.25) is 0 Å². The third kappa shape index (κ3) is 4.89. The summed E-state index contributed by atoms with van der Waals surface area (Å²) in [5, 5.41) is 3.14. The van der Waals surface area contributed by atoms with E-state index in [9.17, 15) is 0 Å². The fourth-order valence-electron chi connectivity index (χ4n) is 2.52. The summed E-state index contributed by atoms with van der Waals surface area (Å²) >= 11 is 3.50. The van der Waals surface area contributed by atoms with Crippen LogP contribution in [0, 0.1) is 13.8 Å². The molecule has 130 valence electrons. The molecule has 0 aliphatic rings. The Bertz CT molecular complexity index is 689. The fraction of sp³-hybridized carbons (Fsp3) is 0.368. The molecule has 0 aliphatic heterocycles. The molecule has 0 atom stereocenters. The first-order valence-corrected chi connectivity index (χ1v) is 8.68. The average molecular weight is 394 g/mol. The van der Waals surface area contributed by atoms with Crippen molar-refractivity contribution in [1.82, 2.24) is 5.32 Å². The summed E-state index contributed by atoms with van der Waals surface area (Å²) in [6.45, 7) is 5.74. The first-order valence-electron chi connectivity index (χ1n) is 7.89. The predicted molar refractivity (Wildman–Crippen MR) is 100 cm³/mol. The monoisotopic (exact) mass is 393 g/mol. The Balaban J connectivity index is 2.00. The summed E-state index contributed by atoms with van der Waals surface area (Å²) in [4.78, 5) is 0. The van der Waals surface area contributed by atoms with Gasteiger partial charge in [-0.2, -0.15) is 0 Å². The fourth-order valence-corrected chi connectivity index (χ4v) is 3.00. The number of hydrogen-bond acceptors (Lipinski definition) is 4. The van der Waals surface area contributed by atoms with Crippen LogP contribution >= 0.6 is 15.9 Å². The second-order valence-corrected chi connectivity index (χ2v) is 6.51. The predicted octanol–water partition coefficient (Wildman–Crippen LogP) is 4.25. The van der Waals surface area contributed by atoms with Gasteiger partial charge in [0.1, 0.15) is 19.0 Å². The van der Waals surface area contributed by atoms with Crippen LogP contribution in [0.1, 0.15) is 16.7 Å². The molecule has 0 amide bonds. The maximum atomic E-state index is 5.94. The van der Waals surface area contributed by atoms with E-state index in [1.165, 1.54) is 5.56 Å². The number of methoxy groups -OCH3 is 1. The highest BCUT2D eigenvalue weighted by Gasteiger charge is 2.12. The summed E-state index contributed by atoms with van der Waals surface area (Å²) in [6, 6.07) is 10.1. The van der Waals surface area contributed by atoms with Gasteiger partial charge in [0, 0.05) is 16.6 Å². The molecule has 0 fully saturated rings. The van der Waals surface area contributed by atoms with E-state index < -0.39 is 0 Å². The Morgan fingerprint density at radius 3 is 2.42 bits per heavy atom. The minimum Gasteiger partial charge on any atom is -0.493 e. The SMILES string of the molecule is CNCc1cc(Br)cc(OC)c1OCCOc1ccc(C)cc1C. The maximum Gasteiger partial charge on any atom is 0.165 e. The molecule has 0 aromatic heterocycles. The van der Waals surface area contributed by atoms with Crippen molar-refractivity contribution in [3.05, 3.63) is 51.5 Å². The van der Waals surface area contributed by atoms with Gasteiger partial charge in [-0.15, -0.1) is 0 Å². The summed E-state index contributed by atoms with van der Waals surface area (Å²) < 4.78 is 18.2. The van der Waals surface area contributed by atoms with Crippen molar-refractivity contribution >= 4 is 15.9 Å². The van der Waals surface area contributed by atoms with E-state index in [-0.39, 0.29) is 0 Å². The molecule has 4 nitrogen and oxygen atoms in total. The van der Waals surface area contributed by atoms with Crippen LogP contribution in [0.3, 0.4) is 0 Å². The zero-order chi connectivity index (χ0) is 17.5. The van der Waals surface area contributed by atoms with E-state index in [2.05, 4.69) is 34.2 Å². The van der Waals surface area contributed by atoms with Crippen LogP contribution in [-0.4, -0.2) is 27.4 Å². The highest BCUT2D eigenvalue weighted by Crippen LogP contribution is 2.34. The van der Waals surface area contributed by atoms with Crippen molar-refractivity contribution in [3.8, 4) is 17.2 Å². The van der Waals surface area contributed by atoms with E-state index in [0.29, 0.717) is 25.5 Å². The smallest absolute Gasteiger partial charge is 0.165 e. The minimum atomic E-state index is 0.446. The molecular weight excluding hydrogens is 370 g/mol. The van der Waals surface area contributed by atoms with Crippen molar-refractivity contribution < 1.29 is 14.2 Å². The van der Waals surface area contributed by atoms with Gasteiger partial charge in [0.2, 0.25) is 0 Å². The summed E-state index contributed by atoms with van der Waals surface area (Å²) in [7, 11) is 3.55. The molecule has 0 unspecified atom stereocenters. The van der Waals surface area contributed by atoms with Crippen molar-refractivity contribution in [2.45, 2.75) is 20.4 Å². The molecule has 1 N–H and O–H groups in total. The molecule has 0 bridgehead atoms. The summed E-state index contributed by atoms with van der Waals surface area (Å²) in [5.41, 5.74) is 3.40. The van der Waals surface area contributed by atoms with Crippen LogP contribution in [0.5, 0.6) is 17.2 Å². The molecule has 2 aromatic rings. The standard InChI is InChI=1S/C19H24BrNO3/c1-13-5-6-17(14(2)9-13)23-7-8-24-19-15(12-21-3)10-16(20)11-18(19)22-4/h5-6,9-11,21H,7-8,12H2,1-4H3. The van der Waals surface area contributed by atoms with E-state index in [4.69, 9.17) is 14.2 Å². The Kier molecular flexibility index (Phi) is 6.94. The van der Waals surface area contributed by atoms with Crippen LogP contribution in [-0.2, 0) is 6.54 Å². The van der Waals surface area contributed by atoms with E-state index in [0.717, 1.165) is 27.1 Å². The van der Waals surface area contributed by atoms with Crippen molar-refractivity contribution in [3.63, 3.8) is 0 Å². The number of nitrogens with one attached hydrogen (secondary N) is 1. The number of halogens is 1. The molecule has 0 radical (unpaired) electrons. The van der Waals surface area contributed by atoms with Crippen molar-refractivity contribution in [2.24, 2.45) is 0 Å². The lowest BCUT2D eigenvalue weighted by molar-refractivity contribution is 0.209. The molecule has 0 saturated carbocycles. The molecule has 0 spiro atoms. The van der Waals surface area contributed by atoms with E-state index in [1.54, 1.807) is 7.11 Å². The molecule has 5 heteroatoms. The van der Waals surface area contributed by atoms with Gasteiger partial charge in [-0.3, -0.25) is 0 Å². The van der Waals surface area contributed by atoms with Crippen LogP contribution in [0.25, 0.3) is 0 Å². The Labute approximate surface area is 152 Å². The first kappa shape index (κ1) is 18.6.